The molecule has 1 saturated heterocycles. The highest BCUT2D eigenvalue weighted by atomic mass is 32.2. The van der Waals surface area contributed by atoms with Crippen LogP contribution in [0.3, 0.4) is 0 Å². The Bertz CT molecular complexity index is 827. The molecule has 3 rings (SSSR count). The van der Waals surface area contributed by atoms with Gasteiger partial charge in [-0.15, -0.1) is 0 Å². The van der Waals surface area contributed by atoms with Gasteiger partial charge in [0.2, 0.25) is 0 Å². The SMILES string of the molecule is Cn1nccc1S(=O)(=O)N1CCC(c2ccc(C#N)cn2)CC1. The van der Waals surface area contributed by atoms with Gasteiger partial charge in [0, 0.05) is 37.9 Å². The maximum absolute atomic E-state index is 12.6. The quantitative estimate of drug-likeness (QED) is 0.844. The third-order valence-electron chi connectivity index (χ3n) is 4.17. The lowest BCUT2D eigenvalue weighted by molar-refractivity contribution is 0.314. The monoisotopic (exact) mass is 331 g/mol. The summed E-state index contributed by atoms with van der Waals surface area (Å²) in [6.45, 7) is 0.916. The van der Waals surface area contributed by atoms with E-state index in [-0.39, 0.29) is 10.9 Å². The number of nitrogens with zero attached hydrogens (tertiary/aromatic N) is 5. The Morgan fingerprint density at radius 2 is 2.00 bits per heavy atom. The van der Waals surface area contributed by atoms with Gasteiger partial charge in [0.25, 0.3) is 10.0 Å². The van der Waals surface area contributed by atoms with Crippen molar-refractivity contribution in [1.82, 2.24) is 19.1 Å². The van der Waals surface area contributed by atoms with Gasteiger partial charge in [-0.05, 0) is 31.0 Å². The summed E-state index contributed by atoms with van der Waals surface area (Å²) in [5.41, 5.74) is 1.45. The lowest BCUT2D eigenvalue weighted by atomic mass is 9.94. The van der Waals surface area contributed by atoms with E-state index in [1.165, 1.54) is 21.3 Å². The van der Waals surface area contributed by atoms with Crippen LogP contribution in [0.25, 0.3) is 0 Å². The van der Waals surface area contributed by atoms with Crippen LogP contribution in [-0.4, -0.2) is 40.6 Å². The summed E-state index contributed by atoms with van der Waals surface area (Å²) in [7, 11) is -1.87. The van der Waals surface area contributed by atoms with Crippen molar-refractivity contribution in [2.75, 3.05) is 13.1 Å². The fourth-order valence-corrected chi connectivity index (χ4v) is 4.42. The minimum atomic E-state index is -3.50. The lowest BCUT2D eigenvalue weighted by Crippen LogP contribution is -2.38. The van der Waals surface area contributed by atoms with E-state index in [0.29, 0.717) is 18.7 Å². The number of aromatic nitrogens is 3. The smallest absolute Gasteiger partial charge is 0.260 e. The summed E-state index contributed by atoms with van der Waals surface area (Å²) in [5, 5.41) is 13.0. The molecule has 23 heavy (non-hydrogen) atoms. The summed E-state index contributed by atoms with van der Waals surface area (Å²) in [6, 6.07) is 7.17. The van der Waals surface area contributed by atoms with Crippen LogP contribution in [0.1, 0.15) is 30.0 Å². The van der Waals surface area contributed by atoms with Crippen molar-refractivity contribution in [3.63, 3.8) is 0 Å². The number of rotatable bonds is 3. The molecule has 0 radical (unpaired) electrons. The Kier molecular flexibility index (Phi) is 4.15. The average molecular weight is 331 g/mol. The maximum Gasteiger partial charge on any atom is 0.260 e. The first-order valence-corrected chi connectivity index (χ1v) is 8.80. The highest BCUT2D eigenvalue weighted by molar-refractivity contribution is 7.89. The Morgan fingerprint density at radius 3 is 2.52 bits per heavy atom. The highest BCUT2D eigenvalue weighted by Gasteiger charge is 2.31. The largest absolute Gasteiger partial charge is 0.260 e. The summed E-state index contributed by atoms with van der Waals surface area (Å²) >= 11 is 0. The van der Waals surface area contributed by atoms with Gasteiger partial charge >= 0.3 is 0 Å². The van der Waals surface area contributed by atoms with Crippen LogP contribution in [0.2, 0.25) is 0 Å². The molecule has 0 amide bonds. The van der Waals surface area contributed by atoms with Crippen molar-refractivity contribution >= 4 is 10.0 Å². The molecule has 0 saturated carbocycles. The van der Waals surface area contributed by atoms with E-state index in [9.17, 15) is 8.42 Å². The number of hydrogen-bond donors (Lipinski definition) is 0. The first-order valence-electron chi connectivity index (χ1n) is 7.36. The molecule has 0 bridgehead atoms. The van der Waals surface area contributed by atoms with Crippen LogP contribution in [0.15, 0.2) is 35.6 Å². The average Bonchev–Trinajstić information content (AvgIpc) is 3.02. The van der Waals surface area contributed by atoms with E-state index in [0.717, 1.165) is 18.5 Å². The summed E-state index contributed by atoms with van der Waals surface area (Å²) in [4.78, 5) is 4.32. The van der Waals surface area contributed by atoms with Gasteiger partial charge < -0.3 is 0 Å². The molecule has 0 atom stereocenters. The van der Waals surface area contributed by atoms with Crippen molar-refractivity contribution in [1.29, 1.82) is 5.26 Å². The predicted molar refractivity (Wildman–Crippen MR) is 82.9 cm³/mol. The molecule has 8 heteroatoms. The fraction of sp³-hybridized carbons (Fsp3) is 0.400. The Morgan fingerprint density at radius 1 is 1.26 bits per heavy atom. The molecular formula is C15H17N5O2S. The second-order valence-corrected chi connectivity index (χ2v) is 7.44. The number of nitriles is 1. The molecule has 0 spiro atoms. The first-order chi connectivity index (χ1) is 11.0. The molecule has 0 aromatic carbocycles. The van der Waals surface area contributed by atoms with Crippen LogP contribution in [-0.2, 0) is 17.1 Å². The zero-order chi connectivity index (χ0) is 16.4. The maximum atomic E-state index is 12.6. The van der Waals surface area contributed by atoms with Gasteiger partial charge in [-0.2, -0.15) is 14.7 Å². The molecule has 0 aliphatic carbocycles. The van der Waals surface area contributed by atoms with Gasteiger partial charge in [0.1, 0.15) is 6.07 Å². The molecule has 0 N–H and O–H groups in total. The number of sulfonamides is 1. The number of piperidine rings is 1. The van der Waals surface area contributed by atoms with Crippen molar-refractivity contribution < 1.29 is 8.42 Å². The molecule has 120 valence electrons. The molecule has 1 aliphatic rings. The van der Waals surface area contributed by atoms with Gasteiger partial charge in [0.15, 0.2) is 5.03 Å². The molecule has 1 fully saturated rings. The Labute approximate surface area is 135 Å². The van der Waals surface area contributed by atoms with Crippen LogP contribution < -0.4 is 0 Å². The van der Waals surface area contributed by atoms with E-state index in [4.69, 9.17) is 5.26 Å². The second-order valence-electron chi connectivity index (χ2n) is 5.55. The molecule has 3 heterocycles. The zero-order valence-corrected chi connectivity index (χ0v) is 13.6. The zero-order valence-electron chi connectivity index (χ0n) is 12.8. The van der Waals surface area contributed by atoms with Crippen LogP contribution >= 0.6 is 0 Å². The Hall–Kier alpha value is -2.24. The first kappa shape index (κ1) is 15.6. The molecule has 2 aromatic rings. The number of hydrogen-bond acceptors (Lipinski definition) is 5. The summed E-state index contributed by atoms with van der Waals surface area (Å²) in [6.07, 6.45) is 4.49. The van der Waals surface area contributed by atoms with Crippen molar-refractivity contribution in [2.24, 2.45) is 7.05 Å². The standard InChI is InChI=1S/C15H17N5O2S/c1-19-15(4-7-18-19)23(21,22)20-8-5-13(6-9-20)14-3-2-12(10-16)11-17-14/h2-4,7,11,13H,5-6,8-9H2,1H3. The molecule has 1 aliphatic heterocycles. The molecule has 7 nitrogen and oxygen atoms in total. The second kappa shape index (κ2) is 6.10. The molecular weight excluding hydrogens is 314 g/mol. The van der Waals surface area contributed by atoms with Gasteiger partial charge in [-0.1, -0.05) is 0 Å². The summed E-state index contributed by atoms with van der Waals surface area (Å²) < 4.78 is 28.1. The van der Waals surface area contributed by atoms with Gasteiger partial charge in [0.05, 0.1) is 11.8 Å². The third-order valence-corrected chi connectivity index (χ3v) is 6.14. The van der Waals surface area contributed by atoms with E-state index in [1.807, 2.05) is 12.1 Å². The normalized spacial score (nSPS) is 17.0. The van der Waals surface area contributed by atoms with Crippen molar-refractivity contribution in [2.45, 2.75) is 23.8 Å². The van der Waals surface area contributed by atoms with Gasteiger partial charge in [-0.25, -0.2) is 8.42 Å². The van der Waals surface area contributed by atoms with E-state index in [2.05, 4.69) is 10.1 Å². The molecule has 0 unspecified atom stereocenters. The Balaban J connectivity index is 1.71. The van der Waals surface area contributed by atoms with Gasteiger partial charge in [-0.3, -0.25) is 9.67 Å². The minimum Gasteiger partial charge on any atom is -0.260 e. The topological polar surface area (TPSA) is 91.9 Å². The van der Waals surface area contributed by atoms with E-state index < -0.39 is 10.0 Å². The summed E-state index contributed by atoms with van der Waals surface area (Å²) in [5.74, 6) is 0.223. The van der Waals surface area contributed by atoms with E-state index in [1.54, 1.807) is 19.3 Å². The van der Waals surface area contributed by atoms with Crippen molar-refractivity contribution in [3.05, 3.63) is 41.9 Å². The minimum absolute atomic E-state index is 0.215. The highest BCUT2D eigenvalue weighted by Crippen LogP contribution is 2.29. The van der Waals surface area contributed by atoms with Crippen LogP contribution in [0, 0.1) is 11.3 Å². The molecule has 2 aromatic heterocycles. The number of aryl methyl sites for hydroxylation is 1. The van der Waals surface area contributed by atoms with Crippen LogP contribution in [0.4, 0.5) is 0 Å². The fourth-order valence-electron chi connectivity index (χ4n) is 2.85. The lowest BCUT2D eigenvalue weighted by Gasteiger charge is -2.30. The van der Waals surface area contributed by atoms with Crippen LogP contribution in [0.5, 0.6) is 0 Å². The third kappa shape index (κ3) is 2.98. The van der Waals surface area contributed by atoms with E-state index >= 15 is 0 Å². The van der Waals surface area contributed by atoms with Crippen molar-refractivity contribution in [3.8, 4) is 6.07 Å². The number of pyridine rings is 1. The predicted octanol–water partition coefficient (Wildman–Crippen LogP) is 1.26.